The largest absolute Gasteiger partial charge is 0.478 e. The minimum atomic E-state index is -4.89. The minimum absolute atomic E-state index is 0.0261. The van der Waals surface area contributed by atoms with Crippen LogP contribution in [0.2, 0.25) is 0 Å². The summed E-state index contributed by atoms with van der Waals surface area (Å²) in [5, 5.41) is 12.6. The molecule has 1 atom stereocenters. The molecule has 28 heavy (non-hydrogen) atoms. The molecule has 0 radical (unpaired) electrons. The molecule has 1 aromatic carbocycles. The van der Waals surface area contributed by atoms with Gasteiger partial charge in [0.05, 0.1) is 11.9 Å². The second-order valence-electron chi connectivity index (χ2n) is 7.12. The summed E-state index contributed by atoms with van der Waals surface area (Å²) in [6.45, 7) is 4.76. The Morgan fingerprint density at radius 2 is 1.86 bits per heavy atom. The number of likely N-dealkylation sites (tertiary alicyclic amines) is 1. The van der Waals surface area contributed by atoms with Crippen molar-refractivity contribution in [2.75, 3.05) is 6.54 Å². The first-order valence-electron chi connectivity index (χ1n) is 8.91. The minimum Gasteiger partial charge on any atom is -0.478 e. The number of hydrogen-bond donors (Lipinski definition) is 1. The molecule has 1 aromatic heterocycles. The number of nitrogens with zero attached hydrogens (tertiary/aromatic N) is 3. The molecule has 1 aliphatic heterocycles. The molecule has 1 unspecified atom stereocenters. The Morgan fingerprint density at radius 3 is 2.39 bits per heavy atom. The maximum atomic E-state index is 13.3. The maximum Gasteiger partial charge on any atom is 0.434 e. The molecular weight excluding hydrogens is 375 g/mol. The zero-order chi connectivity index (χ0) is 20.6. The number of rotatable bonds is 4. The third-order valence-corrected chi connectivity index (χ3v) is 4.96. The van der Waals surface area contributed by atoms with E-state index in [-0.39, 0.29) is 17.6 Å². The SMILES string of the molecule is CC(C)C1CCCN1C(=O)c1ccc(-n2ncc(C(=O)O)c2C(F)(F)F)cc1. The van der Waals surface area contributed by atoms with E-state index >= 15 is 0 Å². The Bertz CT molecular complexity index is 888. The van der Waals surface area contributed by atoms with Crippen LogP contribution in [0.15, 0.2) is 30.5 Å². The lowest BCUT2D eigenvalue weighted by molar-refractivity contribution is -0.143. The number of carbonyl (C=O) groups is 2. The lowest BCUT2D eigenvalue weighted by atomic mass is 10.0. The molecule has 1 saturated heterocycles. The Balaban J connectivity index is 1.92. The van der Waals surface area contributed by atoms with Gasteiger partial charge < -0.3 is 10.0 Å². The first kappa shape index (κ1) is 19.9. The van der Waals surface area contributed by atoms with Gasteiger partial charge in [0.1, 0.15) is 5.56 Å². The van der Waals surface area contributed by atoms with Gasteiger partial charge >= 0.3 is 12.1 Å². The molecule has 2 heterocycles. The zero-order valence-corrected chi connectivity index (χ0v) is 15.4. The molecular formula is C19H20F3N3O3. The van der Waals surface area contributed by atoms with Gasteiger partial charge in [-0.3, -0.25) is 4.79 Å². The smallest absolute Gasteiger partial charge is 0.434 e. The van der Waals surface area contributed by atoms with Gasteiger partial charge in [-0.05, 0) is 43.0 Å². The van der Waals surface area contributed by atoms with Crippen LogP contribution in [0.3, 0.4) is 0 Å². The van der Waals surface area contributed by atoms with Crippen LogP contribution >= 0.6 is 0 Å². The van der Waals surface area contributed by atoms with Crippen molar-refractivity contribution in [3.8, 4) is 5.69 Å². The second kappa shape index (κ2) is 7.29. The molecule has 9 heteroatoms. The van der Waals surface area contributed by atoms with Crippen LogP contribution in [0, 0.1) is 5.92 Å². The number of amides is 1. The third-order valence-electron chi connectivity index (χ3n) is 4.96. The van der Waals surface area contributed by atoms with Crippen LogP contribution in [0.5, 0.6) is 0 Å². The van der Waals surface area contributed by atoms with Crippen molar-refractivity contribution in [3.05, 3.63) is 47.3 Å². The molecule has 0 spiro atoms. The van der Waals surface area contributed by atoms with Gasteiger partial charge in [0.15, 0.2) is 5.69 Å². The van der Waals surface area contributed by atoms with Gasteiger partial charge in [-0.15, -0.1) is 0 Å². The molecule has 0 bridgehead atoms. The van der Waals surface area contributed by atoms with Gasteiger partial charge in [-0.2, -0.15) is 18.3 Å². The molecule has 1 aliphatic rings. The number of aromatic carboxylic acids is 1. The molecule has 6 nitrogen and oxygen atoms in total. The van der Waals surface area contributed by atoms with Gasteiger partial charge in [0, 0.05) is 18.2 Å². The topological polar surface area (TPSA) is 75.4 Å². The van der Waals surface area contributed by atoms with Crippen molar-refractivity contribution in [1.29, 1.82) is 0 Å². The summed E-state index contributed by atoms with van der Waals surface area (Å²) in [4.78, 5) is 25.7. The number of alkyl halides is 3. The zero-order valence-electron chi connectivity index (χ0n) is 15.4. The highest BCUT2D eigenvalue weighted by Crippen LogP contribution is 2.34. The Labute approximate surface area is 159 Å². The van der Waals surface area contributed by atoms with Crippen molar-refractivity contribution >= 4 is 11.9 Å². The average Bonchev–Trinajstić information content (AvgIpc) is 3.28. The number of halogens is 3. The quantitative estimate of drug-likeness (QED) is 0.853. The fourth-order valence-corrected chi connectivity index (χ4v) is 3.62. The van der Waals surface area contributed by atoms with Crippen molar-refractivity contribution < 1.29 is 27.9 Å². The standard InChI is InChI=1S/C19H20F3N3O3/c1-11(2)15-4-3-9-24(15)17(26)12-5-7-13(8-6-12)25-16(19(20,21)22)14(10-23-25)18(27)28/h5-8,10-11,15H,3-4,9H2,1-2H3,(H,27,28). The van der Waals surface area contributed by atoms with Gasteiger partial charge in [0.25, 0.3) is 5.91 Å². The van der Waals surface area contributed by atoms with Crippen molar-refractivity contribution in [3.63, 3.8) is 0 Å². The van der Waals surface area contributed by atoms with Crippen LogP contribution in [0.4, 0.5) is 13.2 Å². The number of carboxylic acid groups (broad SMARTS) is 1. The molecule has 150 valence electrons. The summed E-state index contributed by atoms with van der Waals surface area (Å²) in [5.41, 5.74) is -1.89. The fraction of sp³-hybridized carbons (Fsp3) is 0.421. The van der Waals surface area contributed by atoms with E-state index in [0.717, 1.165) is 12.8 Å². The molecule has 0 saturated carbocycles. The second-order valence-corrected chi connectivity index (χ2v) is 7.12. The lowest BCUT2D eigenvalue weighted by Crippen LogP contribution is -2.38. The van der Waals surface area contributed by atoms with Crippen LogP contribution in [-0.4, -0.2) is 44.3 Å². The summed E-state index contributed by atoms with van der Waals surface area (Å²) in [6.07, 6.45) is -2.37. The predicted octanol–water partition coefficient (Wildman–Crippen LogP) is 3.85. The fourth-order valence-electron chi connectivity index (χ4n) is 3.62. The van der Waals surface area contributed by atoms with Crippen LogP contribution in [-0.2, 0) is 6.18 Å². The Kier molecular flexibility index (Phi) is 5.18. The first-order valence-corrected chi connectivity index (χ1v) is 8.91. The Hall–Kier alpha value is -2.84. The number of hydrogen-bond acceptors (Lipinski definition) is 3. The highest BCUT2D eigenvalue weighted by Gasteiger charge is 2.40. The van der Waals surface area contributed by atoms with E-state index in [4.69, 9.17) is 5.11 Å². The molecule has 1 N–H and O–H groups in total. The average molecular weight is 395 g/mol. The molecule has 1 amide bonds. The van der Waals surface area contributed by atoms with E-state index in [1.807, 2.05) is 0 Å². The predicted molar refractivity (Wildman–Crippen MR) is 94.4 cm³/mol. The van der Waals surface area contributed by atoms with Crippen LogP contribution in [0.25, 0.3) is 5.69 Å². The maximum absolute atomic E-state index is 13.3. The number of carbonyl (C=O) groups excluding carboxylic acids is 1. The van der Waals surface area contributed by atoms with E-state index < -0.39 is 23.4 Å². The van der Waals surface area contributed by atoms with E-state index in [1.165, 1.54) is 24.3 Å². The summed E-state index contributed by atoms with van der Waals surface area (Å²) in [5.74, 6) is -1.55. The molecule has 2 aromatic rings. The lowest BCUT2D eigenvalue weighted by Gasteiger charge is -2.27. The van der Waals surface area contributed by atoms with E-state index in [9.17, 15) is 22.8 Å². The van der Waals surface area contributed by atoms with Crippen molar-refractivity contribution in [2.24, 2.45) is 5.92 Å². The monoisotopic (exact) mass is 395 g/mol. The normalized spacial score (nSPS) is 17.4. The van der Waals surface area contributed by atoms with E-state index in [0.29, 0.717) is 28.9 Å². The summed E-state index contributed by atoms with van der Waals surface area (Å²) in [6, 6.07) is 5.70. The summed E-state index contributed by atoms with van der Waals surface area (Å²) < 4.78 is 40.5. The number of carboxylic acids is 1. The van der Waals surface area contributed by atoms with E-state index in [2.05, 4.69) is 18.9 Å². The summed E-state index contributed by atoms with van der Waals surface area (Å²) in [7, 11) is 0. The molecule has 3 rings (SSSR count). The highest BCUT2D eigenvalue weighted by molar-refractivity contribution is 5.95. The number of aromatic nitrogens is 2. The third kappa shape index (κ3) is 3.61. The van der Waals surface area contributed by atoms with Crippen LogP contribution in [0.1, 0.15) is 53.1 Å². The molecule has 1 fully saturated rings. The van der Waals surface area contributed by atoms with Crippen molar-refractivity contribution in [2.45, 2.75) is 38.9 Å². The number of benzene rings is 1. The van der Waals surface area contributed by atoms with Gasteiger partial charge in [0.2, 0.25) is 0 Å². The molecule has 0 aliphatic carbocycles. The highest BCUT2D eigenvalue weighted by atomic mass is 19.4. The van der Waals surface area contributed by atoms with Crippen LogP contribution < -0.4 is 0 Å². The van der Waals surface area contributed by atoms with Crippen molar-refractivity contribution in [1.82, 2.24) is 14.7 Å². The van der Waals surface area contributed by atoms with Gasteiger partial charge in [-0.25, -0.2) is 9.48 Å². The van der Waals surface area contributed by atoms with Gasteiger partial charge in [-0.1, -0.05) is 13.8 Å². The Morgan fingerprint density at radius 1 is 1.21 bits per heavy atom. The van der Waals surface area contributed by atoms with E-state index in [1.54, 1.807) is 4.90 Å². The summed E-state index contributed by atoms with van der Waals surface area (Å²) >= 11 is 0. The first-order chi connectivity index (χ1) is 13.1.